The lowest BCUT2D eigenvalue weighted by Crippen LogP contribution is -2.15. The molecule has 3 N–H and O–H groups in total. The number of sulfonamides is 1. The van der Waals surface area contributed by atoms with Crippen molar-refractivity contribution in [3.8, 4) is 0 Å². The van der Waals surface area contributed by atoms with Gasteiger partial charge < -0.3 is 5.32 Å². The molecule has 1 aromatic rings. The fourth-order valence-corrected chi connectivity index (χ4v) is 2.35. The zero-order valence-electron chi connectivity index (χ0n) is 10.3. The summed E-state index contributed by atoms with van der Waals surface area (Å²) in [7, 11) is -3.70. The number of nitrogens with two attached hydrogens (primary N) is 1. The van der Waals surface area contributed by atoms with Gasteiger partial charge in [0.25, 0.3) is 0 Å². The van der Waals surface area contributed by atoms with Crippen molar-refractivity contribution in [3.63, 3.8) is 0 Å². The van der Waals surface area contributed by atoms with Gasteiger partial charge in [-0.3, -0.25) is 4.79 Å². The molecular weight excluding hydrogens is 272 g/mol. The molecule has 0 radical (unpaired) electrons. The molecular formula is C11H16N2O3S2. The maximum atomic E-state index is 11.5. The summed E-state index contributed by atoms with van der Waals surface area (Å²) in [4.78, 5) is 11.6. The summed E-state index contributed by atoms with van der Waals surface area (Å²) in [6.45, 7) is 1.72. The van der Waals surface area contributed by atoms with E-state index in [0.717, 1.165) is 5.75 Å². The zero-order chi connectivity index (χ0) is 13.8. The maximum absolute atomic E-state index is 11.5. The number of anilines is 1. The number of amides is 1. The van der Waals surface area contributed by atoms with Crippen molar-refractivity contribution in [2.75, 3.05) is 17.3 Å². The molecule has 0 fully saturated rings. The molecule has 0 heterocycles. The highest BCUT2D eigenvalue weighted by Crippen LogP contribution is 2.19. The first kappa shape index (κ1) is 15.0. The van der Waals surface area contributed by atoms with Gasteiger partial charge in [0.2, 0.25) is 15.9 Å². The molecule has 0 atom stereocenters. The quantitative estimate of drug-likeness (QED) is 0.855. The van der Waals surface area contributed by atoms with Crippen LogP contribution in [-0.2, 0) is 14.8 Å². The fourth-order valence-electron chi connectivity index (χ4n) is 1.36. The van der Waals surface area contributed by atoms with E-state index in [1.54, 1.807) is 24.8 Å². The minimum atomic E-state index is -3.70. The van der Waals surface area contributed by atoms with E-state index in [4.69, 9.17) is 5.14 Å². The van der Waals surface area contributed by atoms with Gasteiger partial charge in [-0.05, 0) is 36.9 Å². The fraction of sp³-hybridized carbons (Fsp3) is 0.364. The Hall–Kier alpha value is -1.05. The van der Waals surface area contributed by atoms with E-state index in [1.165, 1.54) is 12.1 Å². The van der Waals surface area contributed by atoms with Gasteiger partial charge in [-0.25, -0.2) is 13.6 Å². The lowest BCUT2D eigenvalue weighted by Gasteiger charge is -2.09. The van der Waals surface area contributed by atoms with Crippen LogP contribution in [0.1, 0.15) is 12.0 Å². The standard InChI is InChI=1S/C11H16N2O3S2/c1-8-7-9(18(12,15)16)3-4-10(8)13-11(14)5-6-17-2/h3-4,7H,5-6H2,1-2H3,(H,13,14)(H2,12,15,16). The number of primary sulfonamides is 1. The van der Waals surface area contributed by atoms with Crippen LogP contribution in [0.2, 0.25) is 0 Å². The second-order valence-electron chi connectivity index (χ2n) is 3.81. The van der Waals surface area contributed by atoms with E-state index in [1.807, 2.05) is 6.26 Å². The molecule has 1 aromatic carbocycles. The average molecular weight is 288 g/mol. The molecule has 0 spiro atoms. The number of carbonyl (C=O) groups is 1. The number of hydrogen-bond acceptors (Lipinski definition) is 4. The van der Waals surface area contributed by atoms with Gasteiger partial charge in [-0.15, -0.1) is 0 Å². The second-order valence-corrected chi connectivity index (χ2v) is 6.36. The Balaban J connectivity index is 2.84. The Morgan fingerprint density at radius 3 is 2.61 bits per heavy atom. The second kappa shape index (κ2) is 6.21. The first-order chi connectivity index (χ1) is 8.34. The molecule has 0 aliphatic carbocycles. The average Bonchev–Trinajstić information content (AvgIpc) is 2.27. The highest BCUT2D eigenvalue weighted by atomic mass is 32.2. The normalized spacial score (nSPS) is 11.3. The van der Waals surface area contributed by atoms with Gasteiger partial charge in [0.05, 0.1) is 4.90 Å². The molecule has 0 saturated heterocycles. The van der Waals surface area contributed by atoms with Gasteiger partial charge in [0, 0.05) is 17.9 Å². The smallest absolute Gasteiger partial charge is 0.238 e. The molecule has 0 saturated carbocycles. The molecule has 0 aliphatic heterocycles. The van der Waals surface area contributed by atoms with Gasteiger partial charge in [0.15, 0.2) is 0 Å². The van der Waals surface area contributed by atoms with Crippen molar-refractivity contribution in [2.24, 2.45) is 5.14 Å². The molecule has 5 nitrogen and oxygen atoms in total. The van der Waals surface area contributed by atoms with E-state index >= 15 is 0 Å². The number of aryl methyl sites for hydroxylation is 1. The van der Waals surface area contributed by atoms with E-state index < -0.39 is 10.0 Å². The lowest BCUT2D eigenvalue weighted by atomic mass is 10.2. The summed E-state index contributed by atoms with van der Waals surface area (Å²) in [5, 5.41) is 7.76. The van der Waals surface area contributed by atoms with Crippen LogP contribution in [0.25, 0.3) is 0 Å². The highest BCUT2D eigenvalue weighted by Gasteiger charge is 2.10. The molecule has 0 bridgehead atoms. The highest BCUT2D eigenvalue weighted by molar-refractivity contribution is 7.98. The molecule has 7 heteroatoms. The topological polar surface area (TPSA) is 89.3 Å². The Bertz CT molecular complexity index is 541. The largest absolute Gasteiger partial charge is 0.326 e. The number of rotatable bonds is 5. The summed E-state index contributed by atoms with van der Waals surface area (Å²) >= 11 is 1.59. The summed E-state index contributed by atoms with van der Waals surface area (Å²) < 4.78 is 22.3. The molecule has 0 aliphatic rings. The third-order valence-corrected chi connectivity index (χ3v) is 3.86. The van der Waals surface area contributed by atoms with Crippen molar-refractivity contribution in [2.45, 2.75) is 18.2 Å². The van der Waals surface area contributed by atoms with Crippen molar-refractivity contribution >= 4 is 33.4 Å². The molecule has 18 heavy (non-hydrogen) atoms. The molecule has 0 aromatic heterocycles. The Labute approximate surface area is 111 Å². The van der Waals surface area contributed by atoms with Crippen molar-refractivity contribution in [3.05, 3.63) is 23.8 Å². The molecule has 1 rings (SSSR count). The summed E-state index contributed by atoms with van der Waals surface area (Å²) in [6, 6.07) is 4.37. The van der Waals surface area contributed by atoms with Crippen molar-refractivity contribution < 1.29 is 13.2 Å². The molecule has 0 unspecified atom stereocenters. The monoisotopic (exact) mass is 288 g/mol. The zero-order valence-corrected chi connectivity index (χ0v) is 11.9. The van der Waals surface area contributed by atoms with Crippen LogP contribution in [-0.4, -0.2) is 26.3 Å². The Morgan fingerprint density at radius 1 is 1.44 bits per heavy atom. The number of nitrogens with one attached hydrogen (secondary N) is 1. The first-order valence-electron chi connectivity index (χ1n) is 5.27. The van der Waals surface area contributed by atoms with Gasteiger partial charge in [-0.1, -0.05) is 0 Å². The third kappa shape index (κ3) is 4.32. The molecule has 100 valence electrons. The third-order valence-electron chi connectivity index (χ3n) is 2.33. The number of benzene rings is 1. The van der Waals surface area contributed by atoms with E-state index in [0.29, 0.717) is 17.7 Å². The van der Waals surface area contributed by atoms with Crippen LogP contribution in [0.15, 0.2) is 23.1 Å². The van der Waals surface area contributed by atoms with Crippen LogP contribution < -0.4 is 10.5 Å². The number of thioether (sulfide) groups is 1. The SMILES string of the molecule is CSCCC(=O)Nc1ccc(S(N)(=O)=O)cc1C. The Morgan fingerprint density at radius 2 is 2.11 bits per heavy atom. The summed E-state index contributed by atoms with van der Waals surface area (Å²) in [5.74, 6) is 0.663. The molecule has 1 amide bonds. The Kier molecular flexibility index (Phi) is 5.18. The summed E-state index contributed by atoms with van der Waals surface area (Å²) in [6.07, 6.45) is 2.36. The van der Waals surface area contributed by atoms with E-state index in [-0.39, 0.29) is 10.8 Å². The first-order valence-corrected chi connectivity index (χ1v) is 8.21. The maximum Gasteiger partial charge on any atom is 0.238 e. The van der Waals surface area contributed by atoms with Gasteiger partial charge in [-0.2, -0.15) is 11.8 Å². The van der Waals surface area contributed by atoms with Crippen LogP contribution in [0.4, 0.5) is 5.69 Å². The number of carbonyl (C=O) groups excluding carboxylic acids is 1. The van der Waals surface area contributed by atoms with Crippen LogP contribution in [0.5, 0.6) is 0 Å². The van der Waals surface area contributed by atoms with Crippen molar-refractivity contribution in [1.82, 2.24) is 0 Å². The predicted octanol–water partition coefficient (Wildman–Crippen LogP) is 1.33. The minimum Gasteiger partial charge on any atom is -0.326 e. The minimum absolute atomic E-state index is 0.0436. The lowest BCUT2D eigenvalue weighted by molar-refractivity contribution is -0.115. The van der Waals surface area contributed by atoms with Crippen LogP contribution in [0.3, 0.4) is 0 Å². The van der Waals surface area contributed by atoms with Gasteiger partial charge in [0.1, 0.15) is 0 Å². The summed E-state index contributed by atoms with van der Waals surface area (Å²) in [5.41, 5.74) is 1.27. The van der Waals surface area contributed by atoms with Crippen molar-refractivity contribution in [1.29, 1.82) is 0 Å². The predicted molar refractivity (Wildman–Crippen MR) is 74.2 cm³/mol. The van der Waals surface area contributed by atoms with Crippen LogP contribution >= 0.6 is 11.8 Å². The van der Waals surface area contributed by atoms with E-state index in [9.17, 15) is 13.2 Å². The van der Waals surface area contributed by atoms with Crippen LogP contribution in [0, 0.1) is 6.92 Å². The van der Waals surface area contributed by atoms with Gasteiger partial charge >= 0.3 is 0 Å². The van der Waals surface area contributed by atoms with E-state index in [2.05, 4.69) is 5.32 Å². The number of hydrogen-bond donors (Lipinski definition) is 2.